The fourth-order valence-electron chi connectivity index (χ4n) is 3.52. The van der Waals surface area contributed by atoms with Crippen molar-refractivity contribution in [3.05, 3.63) is 77.9 Å². The van der Waals surface area contributed by atoms with Gasteiger partial charge in [0.25, 0.3) is 0 Å². The van der Waals surface area contributed by atoms with E-state index in [0.29, 0.717) is 17.6 Å². The Morgan fingerprint density at radius 2 is 1.04 bits per heavy atom. The first-order chi connectivity index (χ1) is 12.0. The Morgan fingerprint density at radius 1 is 0.560 bits per heavy atom. The molecule has 128 valence electrons. The van der Waals surface area contributed by atoms with Crippen LogP contribution in [0, 0.1) is 0 Å². The van der Waals surface area contributed by atoms with Gasteiger partial charge in [-0.3, -0.25) is 0 Å². The maximum atomic E-state index is 10.7. The van der Waals surface area contributed by atoms with E-state index in [0.717, 1.165) is 16.7 Å². The zero-order chi connectivity index (χ0) is 18.0. The van der Waals surface area contributed by atoms with Gasteiger partial charge in [0, 0.05) is 5.56 Å². The van der Waals surface area contributed by atoms with Gasteiger partial charge in [0.1, 0.15) is 5.75 Å². The fourth-order valence-corrected chi connectivity index (χ4v) is 3.52. The molecule has 3 rings (SSSR count). The number of rotatable bonds is 4. The quantitative estimate of drug-likeness (QED) is 0.547. The summed E-state index contributed by atoms with van der Waals surface area (Å²) in [5.74, 6) is 1.15. The number of hydrogen-bond acceptors (Lipinski definition) is 1. The lowest BCUT2D eigenvalue weighted by atomic mass is 9.85. The first kappa shape index (κ1) is 17.3. The van der Waals surface area contributed by atoms with Gasteiger partial charge < -0.3 is 5.11 Å². The van der Waals surface area contributed by atoms with Crippen molar-refractivity contribution in [1.82, 2.24) is 0 Å². The predicted octanol–water partition coefficient (Wildman–Crippen LogP) is 6.97. The molecule has 1 heteroatoms. The Hall–Kier alpha value is -2.54. The van der Waals surface area contributed by atoms with Crippen LogP contribution in [0.4, 0.5) is 0 Å². The molecule has 0 aliphatic carbocycles. The summed E-state index contributed by atoms with van der Waals surface area (Å²) in [7, 11) is 0. The molecule has 0 radical (unpaired) electrons. The molecule has 0 heterocycles. The Kier molecular flexibility index (Phi) is 4.94. The summed E-state index contributed by atoms with van der Waals surface area (Å²) in [6.07, 6.45) is 0. The molecule has 0 aliphatic heterocycles. The number of benzene rings is 3. The van der Waals surface area contributed by atoms with Gasteiger partial charge in [-0.05, 0) is 45.7 Å². The van der Waals surface area contributed by atoms with Gasteiger partial charge >= 0.3 is 0 Å². The van der Waals surface area contributed by atoms with Gasteiger partial charge in [-0.15, -0.1) is 0 Å². The van der Waals surface area contributed by atoms with E-state index in [1.54, 1.807) is 6.07 Å². The van der Waals surface area contributed by atoms with Gasteiger partial charge in [-0.2, -0.15) is 0 Å². The summed E-state index contributed by atoms with van der Waals surface area (Å²) in [6, 6.07) is 22.7. The van der Waals surface area contributed by atoms with E-state index in [1.807, 2.05) is 12.1 Å². The minimum atomic E-state index is 0.337. The molecular weight excluding hydrogens is 304 g/mol. The molecule has 3 aromatic carbocycles. The van der Waals surface area contributed by atoms with Crippen LogP contribution in [-0.2, 0) is 0 Å². The molecule has 0 unspecified atom stereocenters. The summed E-state index contributed by atoms with van der Waals surface area (Å²) < 4.78 is 0. The monoisotopic (exact) mass is 330 g/mol. The van der Waals surface area contributed by atoms with E-state index in [9.17, 15) is 5.11 Å². The van der Waals surface area contributed by atoms with E-state index >= 15 is 0 Å². The number of phenolic OH excluding ortho intramolecular Hbond substituents is 1. The molecule has 0 atom stereocenters. The zero-order valence-electron chi connectivity index (χ0n) is 15.5. The standard InChI is InChI=1S/C24H26O/c1-16(2)18-10-5-7-12-20(18)22-14-9-15-23(25)24(22)21-13-8-6-11-19(21)17(3)4/h5-17,25H,1-4H3. The van der Waals surface area contributed by atoms with Crippen LogP contribution in [0.2, 0.25) is 0 Å². The van der Waals surface area contributed by atoms with Crippen LogP contribution < -0.4 is 0 Å². The molecule has 25 heavy (non-hydrogen) atoms. The minimum absolute atomic E-state index is 0.337. The van der Waals surface area contributed by atoms with Crippen LogP contribution in [0.25, 0.3) is 22.3 Å². The molecule has 0 saturated heterocycles. The second kappa shape index (κ2) is 7.14. The first-order valence-electron chi connectivity index (χ1n) is 9.01. The molecule has 0 aliphatic rings. The molecule has 0 fully saturated rings. The largest absolute Gasteiger partial charge is 0.507 e. The van der Waals surface area contributed by atoms with Crippen LogP contribution in [-0.4, -0.2) is 5.11 Å². The van der Waals surface area contributed by atoms with Crippen molar-refractivity contribution in [2.45, 2.75) is 39.5 Å². The summed E-state index contributed by atoms with van der Waals surface area (Å²) in [5, 5.41) is 10.7. The number of phenols is 1. The van der Waals surface area contributed by atoms with Crippen molar-refractivity contribution in [3.63, 3.8) is 0 Å². The SMILES string of the molecule is CC(C)c1ccccc1-c1cccc(O)c1-c1ccccc1C(C)C. The van der Waals surface area contributed by atoms with Crippen LogP contribution >= 0.6 is 0 Å². The van der Waals surface area contributed by atoms with Crippen molar-refractivity contribution < 1.29 is 5.11 Å². The van der Waals surface area contributed by atoms with Crippen LogP contribution in [0.3, 0.4) is 0 Å². The molecule has 0 bridgehead atoms. The topological polar surface area (TPSA) is 20.2 Å². The average molecular weight is 330 g/mol. The maximum Gasteiger partial charge on any atom is 0.124 e. The summed E-state index contributed by atoms with van der Waals surface area (Å²) in [6.45, 7) is 8.81. The highest BCUT2D eigenvalue weighted by molar-refractivity contribution is 5.90. The third kappa shape index (κ3) is 3.32. The average Bonchev–Trinajstić information content (AvgIpc) is 2.61. The Balaban J connectivity index is 2.32. The fraction of sp³-hybridized carbons (Fsp3) is 0.250. The predicted molar refractivity (Wildman–Crippen MR) is 107 cm³/mol. The Bertz CT molecular complexity index is 875. The minimum Gasteiger partial charge on any atom is -0.507 e. The highest BCUT2D eigenvalue weighted by Gasteiger charge is 2.18. The zero-order valence-corrected chi connectivity index (χ0v) is 15.5. The van der Waals surface area contributed by atoms with E-state index in [2.05, 4.69) is 76.2 Å². The van der Waals surface area contributed by atoms with Crippen molar-refractivity contribution in [2.24, 2.45) is 0 Å². The number of aromatic hydroxyl groups is 1. The molecular formula is C24H26O. The van der Waals surface area contributed by atoms with Crippen molar-refractivity contribution in [3.8, 4) is 28.0 Å². The molecule has 0 amide bonds. The summed E-state index contributed by atoms with van der Waals surface area (Å²) >= 11 is 0. The molecule has 0 aromatic heterocycles. The van der Waals surface area contributed by atoms with Crippen molar-refractivity contribution in [1.29, 1.82) is 0 Å². The molecule has 1 N–H and O–H groups in total. The van der Waals surface area contributed by atoms with Crippen LogP contribution in [0.5, 0.6) is 5.75 Å². The Labute approximate surface area is 151 Å². The number of hydrogen-bond donors (Lipinski definition) is 1. The van der Waals surface area contributed by atoms with E-state index in [4.69, 9.17) is 0 Å². The molecule has 0 saturated carbocycles. The molecule has 1 nitrogen and oxygen atoms in total. The van der Waals surface area contributed by atoms with Crippen molar-refractivity contribution in [2.75, 3.05) is 0 Å². The van der Waals surface area contributed by atoms with E-state index < -0.39 is 0 Å². The lowest BCUT2D eigenvalue weighted by molar-refractivity contribution is 0.477. The third-order valence-electron chi connectivity index (χ3n) is 4.77. The van der Waals surface area contributed by atoms with E-state index in [-0.39, 0.29) is 0 Å². The lowest BCUT2D eigenvalue weighted by Crippen LogP contribution is -1.97. The smallest absolute Gasteiger partial charge is 0.124 e. The highest BCUT2D eigenvalue weighted by Crippen LogP contribution is 2.43. The van der Waals surface area contributed by atoms with Crippen molar-refractivity contribution >= 4 is 0 Å². The molecule has 0 spiro atoms. The van der Waals surface area contributed by atoms with Crippen LogP contribution in [0.15, 0.2) is 66.7 Å². The van der Waals surface area contributed by atoms with Gasteiger partial charge in [0.15, 0.2) is 0 Å². The van der Waals surface area contributed by atoms with Gasteiger partial charge in [-0.25, -0.2) is 0 Å². The second-order valence-corrected chi connectivity index (χ2v) is 7.18. The first-order valence-corrected chi connectivity index (χ1v) is 9.01. The van der Waals surface area contributed by atoms with E-state index in [1.165, 1.54) is 16.7 Å². The second-order valence-electron chi connectivity index (χ2n) is 7.18. The highest BCUT2D eigenvalue weighted by atomic mass is 16.3. The Morgan fingerprint density at radius 3 is 1.64 bits per heavy atom. The lowest BCUT2D eigenvalue weighted by Gasteiger charge is -2.20. The molecule has 3 aromatic rings. The van der Waals surface area contributed by atoms with Gasteiger partial charge in [-0.1, -0.05) is 88.4 Å². The maximum absolute atomic E-state index is 10.7. The van der Waals surface area contributed by atoms with Crippen LogP contribution in [0.1, 0.15) is 50.7 Å². The normalized spacial score (nSPS) is 11.3. The third-order valence-corrected chi connectivity index (χ3v) is 4.77. The summed E-state index contributed by atoms with van der Waals surface area (Å²) in [5.41, 5.74) is 6.90. The summed E-state index contributed by atoms with van der Waals surface area (Å²) in [4.78, 5) is 0. The van der Waals surface area contributed by atoms with Gasteiger partial charge in [0.05, 0.1) is 0 Å². The van der Waals surface area contributed by atoms with Gasteiger partial charge in [0.2, 0.25) is 0 Å².